The van der Waals surface area contributed by atoms with E-state index in [0.717, 1.165) is 17.1 Å². The van der Waals surface area contributed by atoms with Crippen LogP contribution >= 0.6 is 0 Å². The number of benzene rings is 4. The zero-order valence-corrected chi connectivity index (χ0v) is 19.6. The van der Waals surface area contributed by atoms with Gasteiger partial charge in [0, 0.05) is 17.1 Å². The SMILES string of the molecule is Cc1ccc(N(c2ccc(/C=C/C=C/c3ccccc3)cc2)c2ccc(C(C)C)cc2)cc1. The van der Waals surface area contributed by atoms with Gasteiger partial charge >= 0.3 is 0 Å². The third-order valence-electron chi connectivity index (χ3n) is 5.75. The number of anilines is 3. The zero-order chi connectivity index (χ0) is 23.0. The minimum absolute atomic E-state index is 0.522. The minimum atomic E-state index is 0.522. The van der Waals surface area contributed by atoms with E-state index >= 15 is 0 Å². The number of rotatable bonds is 7. The molecule has 0 aliphatic carbocycles. The summed E-state index contributed by atoms with van der Waals surface area (Å²) < 4.78 is 0. The molecule has 4 aromatic carbocycles. The molecule has 33 heavy (non-hydrogen) atoms. The van der Waals surface area contributed by atoms with Gasteiger partial charge in [0.2, 0.25) is 0 Å². The average Bonchev–Trinajstić information content (AvgIpc) is 2.85. The van der Waals surface area contributed by atoms with Crippen molar-refractivity contribution in [2.75, 3.05) is 4.90 Å². The highest BCUT2D eigenvalue weighted by atomic mass is 15.1. The van der Waals surface area contributed by atoms with E-state index in [9.17, 15) is 0 Å². The van der Waals surface area contributed by atoms with Gasteiger partial charge in [0.05, 0.1) is 0 Å². The lowest BCUT2D eigenvalue weighted by Gasteiger charge is -2.26. The Morgan fingerprint density at radius 1 is 0.545 bits per heavy atom. The summed E-state index contributed by atoms with van der Waals surface area (Å²) in [7, 11) is 0. The number of aryl methyl sites for hydroxylation is 1. The zero-order valence-electron chi connectivity index (χ0n) is 19.6. The molecule has 0 saturated carbocycles. The molecule has 0 N–H and O–H groups in total. The van der Waals surface area contributed by atoms with Crippen molar-refractivity contribution in [1.29, 1.82) is 0 Å². The lowest BCUT2D eigenvalue weighted by molar-refractivity contribution is 0.866. The van der Waals surface area contributed by atoms with Crippen LogP contribution in [0.2, 0.25) is 0 Å². The lowest BCUT2D eigenvalue weighted by Crippen LogP contribution is -2.10. The van der Waals surface area contributed by atoms with Gasteiger partial charge in [-0.2, -0.15) is 0 Å². The quantitative estimate of drug-likeness (QED) is 0.265. The fraction of sp³-hybridized carbons (Fsp3) is 0.125. The van der Waals surface area contributed by atoms with Gasteiger partial charge in [-0.15, -0.1) is 0 Å². The fourth-order valence-electron chi connectivity index (χ4n) is 3.78. The predicted molar refractivity (Wildman–Crippen MR) is 144 cm³/mol. The summed E-state index contributed by atoms with van der Waals surface area (Å²) in [6, 6.07) is 36.7. The third-order valence-corrected chi connectivity index (χ3v) is 5.75. The lowest BCUT2D eigenvalue weighted by atomic mass is 10.0. The minimum Gasteiger partial charge on any atom is -0.311 e. The molecular weight excluding hydrogens is 398 g/mol. The Hall–Kier alpha value is -3.84. The van der Waals surface area contributed by atoms with Crippen LogP contribution in [0.3, 0.4) is 0 Å². The van der Waals surface area contributed by atoms with Gasteiger partial charge in [-0.05, 0) is 65.9 Å². The van der Waals surface area contributed by atoms with Gasteiger partial charge in [0.25, 0.3) is 0 Å². The molecule has 0 atom stereocenters. The Bertz CT molecular complexity index is 1200. The molecule has 0 amide bonds. The second kappa shape index (κ2) is 10.7. The van der Waals surface area contributed by atoms with Crippen LogP contribution in [0.4, 0.5) is 17.1 Å². The van der Waals surface area contributed by atoms with Gasteiger partial charge in [-0.3, -0.25) is 0 Å². The largest absolute Gasteiger partial charge is 0.311 e. The topological polar surface area (TPSA) is 3.24 Å². The van der Waals surface area contributed by atoms with Crippen LogP contribution in [-0.4, -0.2) is 0 Å². The first-order chi connectivity index (χ1) is 16.1. The van der Waals surface area contributed by atoms with E-state index in [-0.39, 0.29) is 0 Å². The Labute approximate surface area is 198 Å². The van der Waals surface area contributed by atoms with Crippen LogP contribution in [0.25, 0.3) is 12.2 Å². The van der Waals surface area contributed by atoms with Crippen molar-refractivity contribution in [3.8, 4) is 0 Å². The van der Waals surface area contributed by atoms with Crippen LogP contribution < -0.4 is 4.90 Å². The molecule has 0 aromatic heterocycles. The summed E-state index contributed by atoms with van der Waals surface area (Å²) in [5.74, 6) is 0.522. The van der Waals surface area contributed by atoms with Gasteiger partial charge in [-0.25, -0.2) is 0 Å². The van der Waals surface area contributed by atoms with Gasteiger partial charge in [0.1, 0.15) is 0 Å². The fourth-order valence-corrected chi connectivity index (χ4v) is 3.78. The Morgan fingerprint density at radius 2 is 1.00 bits per heavy atom. The maximum atomic E-state index is 2.31. The maximum absolute atomic E-state index is 2.31. The van der Waals surface area contributed by atoms with E-state index in [1.165, 1.54) is 22.3 Å². The van der Waals surface area contributed by atoms with Gasteiger partial charge in [-0.1, -0.05) is 110 Å². The van der Waals surface area contributed by atoms with Crippen molar-refractivity contribution in [3.63, 3.8) is 0 Å². The highest BCUT2D eigenvalue weighted by molar-refractivity contribution is 5.77. The maximum Gasteiger partial charge on any atom is 0.0462 e. The monoisotopic (exact) mass is 429 g/mol. The normalized spacial score (nSPS) is 11.5. The summed E-state index contributed by atoms with van der Waals surface area (Å²) >= 11 is 0. The van der Waals surface area contributed by atoms with E-state index in [1.807, 2.05) is 6.07 Å². The number of hydrogen-bond donors (Lipinski definition) is 0. The van der Waals surface area contributed by atoms with Crippen molar-refractivity contribution >= 4 is 29.2 Å². The number of nitrogens with zero attached hydrogens (tertiary/aromatic N) is 1. The molecule has 4 rings (SSSR count). The molecule has 1 heteroatoms. The van der Waals surface area contributed by atoms with E-state index < -0.39 is 0 Å². The average molecular weight is 430 g/mol. The van der Waals surface area contributed by atoms with Crippen molar-refractivity contribution in [3.05, 3.63) is 138 Å². The first-order valence-corrected chi connectivity index (χ1v) is 11.6. The molecule has 0 unspecified atom stereocenters. The molecule has 0 bridgehead atoms. The Kier molecular flexibility index (Phi) is 7.22. The second-order valence-corrected chi connectivity index (χ2v) is 8.64. The molecule has 0 fully saturated rings. The van der Waals surface area contributed by atoms with Crippen LogP contribution in [0.5, 0.6) is 0 Å². The molecule has 164 valence electrons. The second-order valence-electron chi connectivity index (χ2n) is 8.64. The smallest absolute Gasteiger partial charge is 0.0462 e. The van der Waals surface area contributed by atoms with Gasteiger partial charge in [0.15, 0.2) is 0 Å². The van der Waals surface area contributed by atoms with Crippen LogP contribution in [0.15, 0.2) is 115 Å². The first kappa shape index (κ1) is 22.4. The molecule has 0 radical (unpaired) electrons. The number of allylic oxidation sites excluding steroid dienone is 2. The summed E-state index contributed by atoms with van der Waals surface area (Å²) in [5, 5.41) is 0. The standard InChI is InChI=1S/C32H31N/c1-25(2)29-17-23-32(24-18-29)33(30-19-13-26(3)14-20-30)31-21-15-28(16-22-31)12-8-7-11-27-9-5-4-6-10-27/h4-25H,1-3H3/b11-7+,12-8+. The molecule has 4 aromatic rings. The Balaban J connectivity index is 1.58. The third kappa shape index (κ3) is 5.90. The van der Waals surface area contributed by atoms with Gasteiger partial charge < -0.3 is 4.90 Å². The molecular formula is C32H31N. The van der Waals surface area contributed by atoms with E-state index in [1.54, 1.807) is 0 Å². The van der Waals surface area contributed by atoms with Crippen LogP contribution in [0, 0.1) is 6.92 Å². The van der Waals surface area contributed by atoms with E-state index in [4.69, 9.17) is 0 Å². The molecule has 0 spiro atoms. The van der Waals surface area contributed by atoms with Crippen molar-refractivity contribution in [1.82, 2.24) is 0 Å². The summed E-state index contributed by atoms with van der Waals surface area (Å²) in [4.78, 5) is 2.31. The Morgan fingerprint density at radius 3 is 1.52 bits per heavy atom. The molecule has 0 saturated heterocycles. The first-order valence-electron chi connectivity index (χ1n) is 11.6. The summed E-state index contributed by atoms with van der Waals surface area (Å²) in [6.45, 7) is 6.58. The molecule has 0 aliphatic rings. The van der Waals surface area contributed by atoms with Crippen LogP contribution in [-0.2, 0) is 0 Å². The molecule has 1 nitrogen and oxygen atoms in total. The van der Waals surface area contributed by atoms with Crippen molar-refractivity contribution in [2.45, 2.75) is 26.7 Å². The van der Waals surface area contributed by atoms with E-state index in [2.05, 4.69) is 147 Å². The highest BCUT2D eigenvalue weighted by Crippen LogP contribution is 2.35. The summed E-state index contributed by atoms with van der Waals surface area (Å²) in [5.41, 5.74) is 8.46. The van der Waals surface area contributed by atoms with E-state index in [0.29, 0.717) is 5.92 Å². The van der Waals surface area contributed by atoms with Crippen molar-refractivity contribution < 1.29 is 0 Å². The predicted octanol–water partition coefficient (Wildman–Crippen LogP) is 9.31. The summed E-state index contributed by atoms with van der Waals surface area (Å²) in [6.07, 6.45) is 8.42. The molecule has 0 heterocycles. The molecule has 0 aliphatic heterocycles. The number of hydrogen-bond acceptors (Lipinski definition) is 1. The highest BCUT2D eigenvalue weighted by Gasteiger charge is 2.12. The van der Waals surface area contributed by atoms with Crippen LogP contribution in [0.1, 0.15) is 42.0 Å². The van der Waals surface area contributed by atoms with Crippen molar-refractivity contribution in [2.24, 2.45) is 0 Å².